The maximum Gasteiger partial charge on any atom is 0.391 e. The molecule has 0 saturated heterocycles. The molecule has 0 heterocycles. The number of hydrogen-bond acceptors (Lipinski definition) is 0. The second-order valence-corrected chi connectivity index (χ2v) is 3.80. The number of halogens is 3. The van der Waals surface area contributed by atoms with Crippen LogP contribution in [0.2, 0.25) is 0 Å². The molecule has 0 aliphatic heterocycles. The fourth-order valence-corrected chi connectivity index (χ4v) is 2.04. The topological polar surface area (TPSA) is 0 Å². The molecule has 0 bridgehead atoms. The van der Waals surface area contributed by atoms with Gasteiger partial charge in [0.1, 0.15) is 0 Å². The lowest BCUT2D eigenvalue weighted by Crippen LogP contribution is -2.28. The summed E-state index contributed by atoms with van der Waals surface area (Å²) >= 11 is 0. The van der Waals surface area contributed by atoms with Crippen molar-refractivity contribution in [3.63, 3.8) is 0 Å². The van der Waals surface area contributed by atoms with Crippen molar-refractivity contribution in [2.45, 2.75) is 38.3 Å². The summed E-state index contributed by atoms with van der Waals surface area (Å²) in [6, 6.07) is 0. The minimum Gasteiger partial charge on any atom is -0.171 e. The summed E-state index contributed by atoms with van der Waals surface area (Å²) in [6.07, 6.45) is 0.726. The summed E-state index contributed by atoms with van der Waals surface area (Å²) in [4.78, 5) is 0. The summed E-state index contributed by atoms with van der Waals surface area (Å²) in [7, 11) is 0. The van der Waals surface area contributed by atoms with E-state index in [0.717, 1.165) is 12.8 Å². The molecule has 1 fully saturated rings. The summed E-state index contributed by atoms with van der Waals surface area (Å²) in [5, 5.41) is 0. The maximum atomic E-state index is 12.3. The molecule has 2 atom stereocenters. The van der Waals surface area contributed by atoms with Crippen LogP contribution < -0.4 is 0 Å². The van der Waals surface area contributed by atoms with E-state index in [1.54, 1.807) is 6.08 Å². The lowest BCUT2D eigenvalue weighted by atomic mass is 9.79. The van der Waals surface area contributed by atoms with Crippen molar-refractivity contribution in [1.82, 2.24) is 0 Å². The molecule has 0 aromatic rings. The monoisotopic (exact) mass is 192 g/mol. The van der Waals surface area contributed by atoms with E-state index in [1.165, 1.54) is 0 Å². The normalized spacial score (nSPS) is 30.1. The summed E-state index contributed by atoms with van der Waals surface area (Å²) in [6.45, 7) is 3.56. The van der Waals surface area contributed by atoms with Gasteiger partial charge in [-0.05, 0) is 25.2 Å². The van der Waals surface area contributed by atoms with Crippen LogP contribution in [0.4, 0.5) is 13.2 Å². The van der Waals surface area contributed by atoms with E-state index < -0.39 is 12.1 Å². The molecule has 2 unspecified atom stereocenters. The Morgan fingerprint density at radius 1 is 1.31 bits per heavy atom. The van der Waals surface area contributed by atoms with Crippen molar-refractivity contribution in [2.75, 3.05) is 0 Å². The van der Waals surface area contributed by atoms with Crippen LogP contribution in [0.25, 0.3) is 0 Å². The Kier molecular flexibility index (Phi) is 3.40. The van der Waals surface area contributed by atoms with Gasteiger partial charge in [0.15, 0.2) is 0 Å². The van der Waals surface area contributed by atoms with E-state index >= 15 is 0 Å². The van der Waals surface area contributed by atoms with Gasteiger partial charge < -0.3 is 0 Å². The first kappa shape index (κ1) is 10.6. The van der Waals surface area contributed by atoms with Crippen LogP contribution >= 0.6 is 0 Å². The molecule has 0 radical (unpaired) electrons. The third kappa shape index (κ3) is 3.05. The van der Waals surface area contributed by atoms with Gasteiger partial charge in [-0.1, -0.05) is 18.9 Å². The molecule has 13 heavy (non-hydrogen) atoms. The number of rotatable bonds is 2. The third-order valence-electron chi connectivity index (χ3n) is 2.75. The third-order valence-corrected chi connectivity index (χ3v) is 2.75. The smallest absolute Gasteiger partial charge is 0.171 e. The predicted molar refractivity (Wildman–Crippen MR) is 46.3 cm³/mol. The Morgan fingerprint density at radius 2 is 2.00 bits per heavy atom. The van der Waals surface area contributed by atoms with Crippen LogP contribution in [-0.2, 0) is 0 Å². The molecule has 1 aliphatic carbocycles. The van der Waals surface area contributed by atoms with Crippen LogP contribution in [0, 0.1) is 11.8 Å². The summed E-state index contributed by atoms with van der Waals surface area (Å²) in [5.41, 5.74) is 0. The molecular formula is C10H15F3. The standard InChI is InChI=1S/C10H15F3/c1-2-4-8-5-3-6-9(7-8)10(11,12)13/h2,8-9H,1,3-7H2. The molecular weight excluding hydrogens is 177 g/mol. The van der Waals surface area contributed by atoms with E-state index in [4.69, 9.17) is 0 Å². The van der Waals surface area contributed by atoms with Gasteiger partial charge in [-0.2, -0.15) is 13.2 Å². The first-order valence-corrected chi connectivity index (χ1v) is 4.71. The zero-order chi connectivity index (χ0) is 9.90. The Balaban J connectivity index is 2.46. The lowest BCUT2D eigenvalue weighted by Gasteiger charge is -2.29. The highest BCUT2D eigenvalue weighted by molar-refractivity contribution is 4.82. The second kappa shape index (κ2) is 4.16. The minimum absolute atomic E-state index is 0.206. The molecule has 3 heteroatoms. The number of allylic oxidation sites excluding steroid dienone is 1. The Morgan fingerprint density at radius 3 is 2.54 bits per heavy atom. The van der Waals surface area contributed by atoms with E-state index in [9.17, 15) is 13.2 Å². The lowest BCUT2D eigenvalue weighted by molar-refractivity contribution is -0.185. The quantitative estimate of drug-likeness (QED) is 0.581. The molecule has 0 aromatic heterocycles. The SMILES string of the molecule is C=CCC1CCCC(C(F)(F)F)C1. The highest BCUT2D eigenvalue weighted by atomic mass is 19.4. The minimum atomic E-state index is -3.99. The Hall–Kier alpha value is -0.470. The Labute approximate surface area is 76.8 Å². The summed E-state index contributed by atoms with van der Waals surface area (Å²) < 4.78 is 37.0. The van der Waals surface area contributed by atoms with Gasteiger partial charge in [-0.3, -0.25) is 0 Å². The van der Waals surface area contributed by atoms with Crippen LogP contribution in [0.1, 0.15) is 32.1 Å². The molecule has 0 N–H and O–H groups in total. The zero-order valence-corrected chi connectivity index (χ0v) is 7.61. The molecule has 0 amide bonds. The average molecular weight is 192 g/mol. The van der Waals surface area contributed by atoms with Crippen molar-refractivity contribution < 1.29 is 13.2 Å². The van der Waals surface area contributed by atoms with Crippen LogP contribution in [0.5, 0.6) is 0 Å². The molecule has 1 saturated carbocycles. The largest absolute Gasteiger partial charge is 0.391 e. The summed E-state index contributed by atoms with van der Waals surface area (Å²) in [5.74, 6) is -0.857. The van der Waals surface area contributed by atoms with Crippen molar-refractivity contribution in [3.8, 4) is 0 Å². The fraction of sp³-hybridized carbons (Fsp3) is 0.800. The molecule has 0 spiro atoms. The zero-order valence-electron chi connectivity index (χ0n) is 7.61. The maximum absolute atomic E-state index is 12.3. The van der Waals surface area contributed by atoms with E-state index in [2.05, 4.69) is 6.58 Å². The van der Waals surface area contributed by atoms with Crippen molar-refractivity contribution in [2.24, 2.45) is 11.8 Å². The fourth-order valence-electron chi connectivity index (χ4n) is 2.04. The van der Waals surface area contributed by atoms with Gasteiger partial charge >= 0.3 is 6.18 Å². The molecule has 76 valence electrons. The molecule has 1 aliphatic rings. The second-order valence-electron chi connectivity index (χ2n) is 3.80. The van der Waals surface area contributed by atoms with Gasteiger partial charge in [-0.15, -0.1) is 6.58 Å². The Bertz CT molecular complexity index is 171. The van der Waals surface area contributed by atoms with Gasteiger partial charge in [0, 0.05) is 0 Å². The molecule has 0 aromatic carbocycles. The van der Waals surface area contributed by atoms with Gasteiger partial charge in [0.05, 0.1) is 5.92 Å². The van der Waals surface area contributed by atoms with Crippen LogP contribution in [0.3, 0.4) is 0 Å². The highest BCUT2D eigenvalue weighted by Crippen LogP contribution is 2.40. The van der Waals surface area contributed by atoms with Crippen molar-refractivity contribution >= 4 is 0 Å². The van der Waals surface area contributed by atoms with E-state index in [-0.39, 0.29) is 5.92 Å². The first-order valence-electron chi connectivity index (χ1n) is 4.71. The first-order chi connectivity index (χ1) is 6.04. The number of alkyl halides is 3. The van der Waals surface area contributed by atoms with E-state index in [1.807, 2.05) is 0 Å². The van der Waals surface area contributed by atoms with Crippen molar-refractivity contribution in [3.05, 3.63) is 12.7 Å². The van der Waals surface area contributed by atoms with Gasteiger partial charge in [-0.25, -0.2) is 0 Å². The van der Waals surface area contributed by atoms with Crippen molar-refractivity contribution in [1.29, 1.82) is 0 Å². The van der Waals surface area contributed by atoms with Gasteiger partial charge in [0.2, 0.25) is 0 Å². The van der Waals surface area contributed by atoms with Gasteiger partial charge in [0.25, 0.3) is 0 Å². The van der Waals surface area contributed by atoms with E-state index in [0.29, 0.717) is 19.3 Å². The molecule has 1 rings (SSSR count). The predicted octanol–water partition coefficient (Wildman–Crippen LogP) is 3.93. The molecule has 0 nitrogen and oxygen atoms in total. The highest BCUT2D eigenvalue weighted by Gasteiger charge is 2.41. The number of hydrogen-bond donors (Lipinski definition) is 0. The average Bonchev–Trinajstić information content (AvgIpc) is 2.04. The van der Waals surface area contributed by atoms with Crippen LogP contribution in [0.15, 0.2) is 12.7 Å². The van der Waals surface area contributed by atoms with Crippen LogP contribution in [-0.4, -0.2) is 6.18 Å².